The van der Waals surface area contributed by atoms with Crippen molar-refractivity contribution in [1.82, 2.24) is 5.32 Å². The Hall–Kier alpha value is -1.20. The highest BCUT2D eigenvalue weighted by Crippen LogP contribution is 2.55. The summed E-state index contributed by atoms with van der Waals surface area (Å²) in [4.78, 5) is 24.1. The number of rotatable bonds is 11. The molecule has 0 aromatic heterocycles. The SMILES string of the molecule is CCOP(=O)(OCC)C(C[C@H](NC(=O)OC(C)(C)C)C(=O)OC)OS(C)(=O)=O. The molecule has 0 bridgehead atoms. The fraction of sp³-hybridized carbons (Fsp3) is 0.867. The lowest BCUT2D eigenvalue weighted by Crippen LogP contribution is -2.46. The van der Waals surface area contributed by atoms with Gasteiger partial charge in [0.25, 0.3) is 10.1 Å². The topological polar surface area (TPSA) is 144 Å². The number of ether oxygens (including phenoxy) is 2. The third-order valence-electron chi connectivity index (χ3n) is 2.87. The number of amides is 1. The van der Waals surface area contributed by atoms with E-state index in [-0.39, 0.29) is 13.2 Å². The zero-order valence-electron chi connectivity index (χ0n) is 17.2. The van der Waals surface area contributed by atoms with Crippen LogP contribution in [-0.4, -0.2) is 64.5 Å². The van der Waals surface area contributed by atoms with Gasteiger partial charge in [0.1, 0.15) is 11.6 Å². The van der Waals surface area contributed by atoms with Crippen LogP contribution in [0.2, 0.25) is 0 Å². The molecule has 0 saturated carbocycles. The molecule has 0 aromatic carbocycles. The summed E-state index contributed by atoms with van der Waals surface area (Å²) >= 11 is 0. The van der Waals surface area contributed by atoms with E-state index in [1.807, 2.05) is 0 Å². The van der Waals surface area contributed by atoms with E-state index in [2.05, 4.69) is 10.1 Å². The fourth-order valence-electron chi connectivity index (χ4n) is 1.99. The van der Waals surface area contributed by atoms with Crippen molar-refractivity contribution in [2.45, 2.75) is 58.5 Å². The summed E-state index contributed by atoms with van der Waals surface area (Å²) in [7, 11) is -7.15. The smallest absolute Gasteiger partial charge is 0.408 e. The molecular formula is C15H30NO10PS. The van der Waals surface area contributed by atoms with E-state index in [1.54, 1.807) is 20.8 Å². The molecule has 2 atom stereocenters. The third kappa shape index (κ3) is 10.4. The molecule has 28 heavy (non-hydrogen) atoms. The Labute approximate surface area is 166 Å². The molecule has 0 rings (SSSR count). The summed E-state index contributed by atoms with van der Waals surface area (Å²) in [5, 5.41) is 2.25. The van der Waals surface area contributed by atoms with Crippen LogP contribution in [-0.2, 0) is 42.2 Å². The Kier molecular flexibility index (Phi) is 10.6. The number of methoxy groups -OCH3 is 1. The first kappa shape index (κ1) is 26.8. The molecule has 0 aromatic rings. The maximum absolute atomic E-state index is 13.0. The number of carbonyl (C=O) groups excluding carboxylic acids is 2. The van der Waals surface area contributed by atoms with E-state index in [1.165, 1.54) is 13.8 Å². The lowest BCUT2D eigenvalue weighted by Gasteiger charge is -2.28. The number of nitrogens with one attached hydrogen (secondary N) is 1. The molecule has 0 fully saturated rings. The second-order valence-electron chi connectivity index (χ2n) is 6.59. The standard InChI is InChI=1S/C15H30NO10PS/c1-8-23-27(19,24-9-2)12(26-28(7,20)21)10-11(13(17)22-6)16-14(18)25-15(3,4)5/h11-12H,8-10H2,1-7H3,(H,16,18)/t11-,12?/m0/s1. The first-order valence-electron chi connectivity index (χ1n) is 8.51. The molecule has 1 amide bonds. The number of carbonyl (C=O) groups is 2. The summed E-state index contributed by atoms with van der Waals surface area (Å²) in [6, 6.07) is -1.43. The van der Waals surface area contributed by atoms with Gasteiger partial charge in [0.15, 0.2) is 5.85 Å². The average Bonchev–Trinajstić information content (AvgIpc) is 2.50. The van der Waals surface area contributed by atoms with Gasteiger partial charge in [-0.3, -0.25) is 8.75 Å². The fourth-order valence-corrected chi connectivity index (χ4v) is 4.96. The minimum absolute atomic E-state index is 0.0662. The molecule has 1 N–H and O–H groups in total. The van der Waals surface area contributed by atoms with E-state index < -0.39 is 53.7 Å². The summed E-state index contributed by atoms with van der Waals surface area (Å²) in [6.07, 6.45) is -0.768. The van der Waals surface area contributed by atoms with Gasteiger partial charge in [0.05, 0.1) is 26.6 Å². The Morgan fingerprint density at radius 1 is 1.11 bits per heavy atom. The van der Waals surface area contributed by atoms with Crippen molar-refractivity contribution >= 4 is 29.8 Å². The predicted molar refractivity (Wildman–Crippen MR) is 100 cm³/mol. The van der Waals surface area contributed by atoms with E-state index in [9.17, 15) is 22.6 Å². The van der Waals surface area contributed by atoms with Gasteiger partial charge in [-0.05, 0) is 34.6 Å². The van der Waals surface area contributed by atoms with Gasteiger partial charge in [-0.2, -0.15) is 8.42 Å². The molecule has 0 heterocycles. The van der Waals surface area contributed by atoms with Gasteiger partial charge in [0, 0.05) is 6.42 Å². The molecule has 166 valence electrons. The lowest BCUT2D eigenvalue weighted by atomic mass is 10.2. The van der Waals surface area contributed by atoms with Gasteiger partial charge in [-0.1, -0.05) is 0 Å². The van der Waals surface area contributed by atoms with Crippen molar-refractivity contribution in [3.63, 3.8) is 0 Å². The van der Waals surface area contributed by atoms with Crippen LogP contribution < -0.4 is 5.32 Å². The minimum Gasteiger partial charge on any atom is -0.467 e. The Morgan fingerprint density at radius 2 is 1.61 bits per heavy atom. The molecule has 0 radical (unpaired) electrons. The molecule has 0 aliphatic carbocycles. The number of hydrogen-bond donors (Lipinski definition) is 1. The highest BCUT2D eigenvalue weighted by atomic mass is 32.2. The second kappa shape index (κ2) is 11.1. The Morgan fingerprint density at radius 3 is 1.96 bits per heavy atom. The Bertz CT molecular complexity index is 663. The lowest BCUT2D eigenvalue weighted by molar-refractivity contribution is -0.143. The quantitative estimate of drug-likeness (QED) is 0.284. The van der Waals surface area contributed by atoms with Crippen LogP contribution in [0.25, 0.3) is 0 Å². The van der Waals surface area contributed by atoms with Crippen molar-refractivity contribution in [3.05, 3.63) is 0 Å². The van der Waals surface area contributed by atoms with Crippen LogP contribution in [0.15, 0.2) is 0 Å². The summed E-state index contributed by atoms with van der Waals surface area (Å²) < 4.78 is 61.1. The molecule has 0 aliphatic heterocycles. The van der Waals surface area contributed by atoms with Gasteiger partial charge in [0.2, 0.25) is 0 Å². The minimum atomic E-state index is -4.12. The van der Waals surface area contributed by atoms with Gasteiger partial charge >= 0.3 is 19.7 Å². The van der Waals surface area contributed by atoms with Crippen molar-refractivity contribution in [2.24, 2.45) is 0 Å². The molecule has 13 heteroatoms. The second-order valence-corrected chi connectivity index (χ2v) is 10.4. The van der Waals surface area contributed by atoms with Crippen molar-refractivity contribution in [3.8, 4) is 0 Å². The van der Waals surface area contributed by atoms with Crippen molar-refractivity contribution < 1.29 is 45.3 Å². The maximum atomic E-state index is 13.0. The van der Waals surface area contributed by atoms with Crippen molar-refractivity contribution in [1.29, 1.82) is 0 Å². The molecule has 0 spiro atoms. The molecule has 0 aliphatic rings. The van der Waals surface area contributed by atoms with Crippen LogP contribution in [0.3, 0.4) is 0 Å². The average molecular weight is 447 g/mol. The zero-order chi connectivity index (χ0) is 22.2. The largest absolute Gasteiger partial charge is 0.467 e. The molecule has 11 nitrogen and oxygen atoms in total. The summed E-state index contributed by atoms with van der Waals surface area (Å²) in [5.74, 6) is -2.62. The van der Waals surface area contributed by atoms with Crippen LogP contribution >= 0.6 is 7.60 Å². The highest BCUT2D eigenvalue weighted by Gasteiger charge is 2.43. The predicted octanol–water partition coefficient (Wildman–Crippen LogP) is 2.01. The van der Waals surface area contributed by atoms with E-state index in [0.717, 1.165) is 13.4 Å². The number of hydrogen-bond acceptors (Lipinski definition) is 10. The van der Waals surface area contributed by atoms with Gasteiger partial charge in [-0.25, -0.2) is 9.59 Å². The molecular weight excluding hydrogens is 417 g/mol. The van der Waals surface area contributed by atoms with Crippen molar-refractivity contribution in [2.75, 3.05) is 26.6 Å². The first-order chi connectivity index (χ1) is 12.7. The first-order valence-corrected chi connectivity index (χ1v) is 11.9. The van der Waals surface area contributed by atoms with Gasteiger partial charge < -0.3 is 23.8 Å². The Balaban J connectivity index is 5.78. The highest BCUT2D eigenvalue weighted by molar-refractivity contribution is 7.86. The van der Waals surface area contributed by atoms with Crippen LogP contribution in [0.1, 0.15) is 41.0 Å². The normalized spacial score (nSPS) is 14.8. The van der Waals surface area contributed by atoms with E-state index in [0.29, 0.717) is 0 Å². The maximum Gasteiger partial charge on any atom is 0.408 e. The molecule has 0 saturated heterocycles. The zero-order valence-corrected chi connectivity index (χ0v) is 18.9. The van der Waals surface area contributed by atoms with Crippen LogP contribution in [0.5, 0.6) is 0 Å². The molecule has 1 unspecified atom stereocenters. The van der Waals surface area contributed by atoms with E-state index in [4.69, 9.17) is 18.0 Å². The number of alkyl carbamates (subject to hydrolysis) is 1. The number of esters is 1. The van der Waals surface area contributed by atoms with Gasteiger partial charge in [-0.15, -0.1) is 0 Å². The van der Waals surface area contributed by atoms with E-state index >= 15 is 0 Å². The summed E-state index contributed by atoms with van der Waals surface area (Å²) in [6.45, 7) is 7.78. The van der Waals surface area contributed by atoms with Crippen LogP contribution in [0.4, 0.5) is 4.79 Å². The monoisotopic (exact) mass is 447 g/mol. The third-order valence-corrected chi connectivity index (χ3v) is 5.85. The van der Waals surface area contributed by atoms with Crippen LogP contribution in [0, 0.1) is 0 Å². The summed E-state index contributed by atoms with van der Waals surface area (Å²) in [5.41, 5.74) is -0.848.